The zero-order valence-corrected chi connectivity index (χ0v) is 13.1. The Morgan fingerprint density at radius 3 is 2.44 bits per heavy atom. The van der Waals surface area contributed by atoms with Crippen LogP contribution in [0.3, 0.4) is 0 Å². The minimum absolute atomic E-state index is 0. The van der Waals surface area contributed by atoms with Crippen molar-refractivity contribution in [3.63, 3.8) is 0 Å². The lowest BCUT2D eigenvalue weighted by Gasteiger charge is -2.23. The van der Waals surface area contributed by atoms with Crippen LogP contribution >= 0.6 is 28.3 Å². The molecule has 0 spiro atoms. The van der Waals surface area contributed by atoms with E-state index in [1.54, 1.807) is 13.8 Å². The molecule has 1 aromatic rings. The maximum Gasteiger partial charge on any atom is 0.241 e. The largest absolute Gasteiger partial charge is 0.329 e. The van der Waals surface area contributed by atoms with E-state index in [0.717, 1.165) is 6.07 Å². The van der Waals surface area contributed by atoms with Gasteiger partial charge in [-0.1, -0.05) is 0 Å². The molecule has 0 aromatic heterocycles. The summed E-state index contributed by atoms with van der Waals surface area (Å²) in [5.74, 6) is -0.626. The summed E-state index contributed by atoms with van der Waals surface area (Å²) in [6.45, 7) is 3.45. The quantitative estimate of drug-likeness (QED) is 0.862. The Morgan fingerprint density at radius 2 is 2.00 bits per heavy atom. The van der Waals surface area contributed by atoms with Gasteiger partial charge in [0.25, 0.3) is 0 Å². The van der Waals surface area contributed by atoms with E-state index in [2.05, 4.69) is 20.7 Å². The van der Waals surface area contributed by atoms with Crippen molar-refractivity contribution in [2.24, 2.45) is 5.73 Å². The van der Waals surface area contributed by atoms with Gasteiger partial charge in [-0.25, -0.2) is 17.5 Å². The molecule has 104 valence electrons. The normalized spacial score (nSPS) is 12.1. The van der Waals surface area contributed by atoms with E-state index < -0.39 is 21.4 Å². The number of hydrogen-bond donors (Lipinski definition) is 2. The Balaban J connectivity index is 0.00000289. The third-order valence-electron chi connectivity index (χ3n) is 2.12. The SMILES string of the molecule is CC(C)(CN)NS(=O)(=O)c1ccc(Br)c(F)c1.Cl. The van der Waals surface area contributed by atoms with Gasteiger partial charge in [-0.3, -0.25) is 0 Å². The number of benzene rings is 1. The average Bonchev–Trinajstić information content (AvgIpc) is 2.20. The highest BCUT2D eigenvalue weighted by Gasteiger charge is 2.25. The Bertz CT molecular complexity index is 523. The summed E-state index contributed by atoms with van der Waals surface area (Å²) < 4.78 is 39.7. The first-order valence-electron chi connectivity index (χ1n) is 4.87. The first-order valence-corrected chi connectivity index (χ1v) is 7.15. The lowest BCUT2D eigenvalue weighted by molar-refractivity contribution is 0.462. The highest BCUT2D eigenvalue weighted by molar-refractivity contribution is 9.10. The average molecular weight is 362 g/mol. The van der Waals surface area contributed by atoms with Crippen LogP contribution in [0.15, 0.2) is 27.6 Å². The van der Waals surface area contributed by atoms with Crippen LogP contribution in [0.25, 0.3) is 0 Å². The fraction of sp³-hybridized carbons (Fsp3) is 0.400. The molecule has 0 amide bonds. The summed E-state index contributed by atoms with van der Waals surface area (Å²) >= 11 is 2.96. The zero-order valence-electron chi connectivity index (χ0n) is 9.91. The summed E-state index contributed by atoms with van der Waals surface area (Å²) in [6, 6.07) is 3.63. The van der Waals surface area contributed by atoms with Crippen LogP contribution < -0.4 is 10.5 Å². The fourth-order valence-corrected chi connectivity index (χ4v) is 2.79. The van der Waals surface area contributed by atoms with Crippen molar-refractivity contribution < 1.29 is 12.8 Å². The molecule has 0 atom stereocenters. The van der Waals surface area contributed by atoms with Crippen molar-refractivity contribution in [2.75, 3.05) is 6.54 Å². The van der Waals surface area contributed by atoms with Crippen molar-refractivity contribution >= 4 is 38.4 Å². The van der Waals surface area contributed by atoms with E-state index in [0.29, 0.717) is 0 Å². The fourth-order valence-electron chi connectivity index (χ4n) is 1.11. The van der Waals surface area contributed by atoms with Gasteiger partial charge in [0.2, 0.25) is 10.0 Å². The van der Waals surface area contributed by atoms with Gasteiger partial charge in [0, 0.05) is 12.1 Å². The molecule has 0 aliphatic rings. The number of halogens is 3. The van der Waals surface area contributed by atoms with Gasteiger partial charge in [0.15, 0.2) is 0 Å². The number of rotatable bonds is 4. The van der Waals surface area contributed by atoms with Crippen LogP contribution in [0.4, 0.5) is 4.39 Å². The summed E-state index contributed by atoms with van der Waals surface area (Å²) in [5, 5.41) is 0. The molecule has 18 heavy (non-hydrogen) atoms. The van der Waals surface area contributed by atoms with Crippen molar-refractivity contribution in [1.29, 1.82) is 0 Å². The Labute approximate surface area is 121 Å². The lowest BCUT2D eigenvalue weighted by Crippen LogP contribution is -2.48. The molecule has 3 N–H and O–H groups in total. The van der Waals surface area contributed by atoms with Gasteiger partial charge in [-0.15, -0.1) is 12.4 Å². The molecule has 0 bridgehead atoms. The molecule has 0 saturated carbocycles. The molecule has 1 rings (SSSR count). The van der Waals surface area contributed by atoms with Crippen LogP contribution in [0.2, 0.25) is 0 Å². The Hall–Kier alpha value is -0.210. The van der Waals surface area contributed by atoms with E-state index in [1.165, 1.54) is 12.1 Å². The number of sulfonamides is 1. The minimum Gasteiger partial charge on any atom is -0.329 e. The maximum absolute atomic E-state index is 13.3. The number of hydrogen-bond acceptors (Lipinski definition) is 3. The van der Waals surface area contributed by atoms with Crippen LogP contribution in [0.1, 0.15) is 13.8 Å². The predicted molar refractivity (Wildman–Crippen MR) is 74.8 cm³/mol. The molecule has 0 fully saturated rings. The van der Waals surface area contributed by atoms with Crippen molar-refractivity contribution in [1.82, 2.24) is 4.72 Å². The van der Waals surface area contributed by atoms with Crippen molar-refractivity contribution in [2.45, 2.75) is 24.3 Å². The van der Waals surface area contributed by atoms with E-state index >= 15 is 0 Å². The molecular formula is C10H15BrClFN2O2S. The molecule has 0 unspecified atom stereocenters. The minimum atomic E-state index is -3.76. The molecular weight excluding hydrogens is 347 g/mol. The number of nitrogens with one attached hydrogen (secondary N) is 1. The second-order valence-corrected chi connectivity index (χ2v) is 6.81. The summed E-state index contributed by atoms with van der Waals surface area (Å²) in [6.07, 6.45) is 0. The van der Waals surface area contributed by atoms with Crippen molar-refractivity contribution in [3.8, 4) is 0 Å². The molecule has 0 heterocycles. The van der Waals surface area contributed by atoms with Crippen LogP contribution in [0.5, 0.6) is 0 Å². The molecule has 4 nitrogen and oxygen atoms in total. The smallest absolute Gasteiger partial charge is 0.241 e. The van der Waals surface area contributed by atoms with Crippen LogP contribution in [0, 0.1) is 5.82 Å². The number of nitrogens with two attached hydrogens (primary N) is 1. The third kappa shape index (κ3) is 4.47. The summed E-state index contributed by atoms with van der Waals surface area (Å²) in [4.78, 5) is -0.125. The molecule has 1 aromatic carbocycles. The molecule has 0 saturated heterocycles. The van der Waals surface area contributed by atoms with Crippen LogP contribution in [-0.2, 0) is 10.0 Å². The monoisotopic (exact) mass is 360 g/mol. The van der Waals surface area contributed by atoms with E-state index in [9.17, 15) is 12.8 Å². The summed E-state index contributed by atoms with van der Waals surface area (Å²) in [5.41, 5.74) is 4.66. The topological polar surface area (TPSA) is 72.2 Å². The van der Waals surface area contributed by atoms with E-state index in [4.69, 9.17) is 5.73 Å². The lowest BCUT2D eigenvalue weighted by atomic mass is 10.1. The Kier molecular flexibility index (Phi) is 6.22. The third-order valence-corrected chi connectivity index (χ3v) is 4.46. The van der Waals surface area contributed by atoms with Gasteiger partial charge >= 0.3 is 0 Å². The second-order valence-electron chi connectivity index (χ2n) is 4.27. The van der Waals surface area contributed by atoms with E-state index in [1.807, 2.05) is 0 Å². The molecule has 0 radical (unpaired) electrons. The first-order chi connectivity index (χ1) is 7.68. The van der Waals surface area contributed by atoms with Crippen LogP contribution in [-0.4, -0.2) is 20.5 Å². The molecule has 0 aliphatic carbocycles. The zero-order chi connectivity index (χ0) is 13.3. The van der Waals surface area contributed by atoms with Gasteiger partial charge in [-0.2, -0.15) is 0 Å². The van der Waals surface area contributed by atoms with Gasteiger partial charge in [-0.05, 0) is 48.0 Å². The highest BCUT2D eigenvalue weighted by Crippen LogP contribution is 2.20. The van der Waals surface area contributed by atoms with Gasteiger partial charge in [0.05, 0.1) is 9.37 Å². The predicted octanol–water partition coefficient (Wildman–Crippen LogP) is 2.03. The molecule has 0 aliphatic heterocycles. The first kappa shape index (κ1) is 17.8. The second kappa shape index (κ2) is 6.29. The standard InChI is InChI=1S/C10H14BrFN2O2S.ClH/c1-10(2,6-13)14-17(15,16)7-3-4-8(11)9(12)5-7;/h3-5,14H,6,13H2,1-2H3;1H. The molecule has 8 heteroatoms. The maximum atomic E-state index is 13.3. The van der Waals surface area contributed by atoms with Gasteiger partial charge in [0.1, 0.15) is 5.82 Å². The Morgan fingerprint density at radius 1 is 1.44 bits per heavy atom. The highest BCUT2D eigenvalue weighted by atomic mass is 79.9. The van der Waals surface area contributed by atoms with E-state index in [-0.39, 0.29) is 28.3 Å². The summed E-state index contributed by atoms with van der Waals surface area (Å²) in [7, 11) is -3.76. The van der Waals surface area contributed by atoms with Gasteiger partial charge < -0.3 is 5.73 Å². The van der Waals surface area contributed by atoms with Crippen molar-refractivity contribution in [3.05, 3.63) is 28.5 Å².